The van der Waals surface area contributed by atoms with Gasteiger partial charge in [-0.05, 0) is 31.4 Å². The first-order chi connectivity index (χ1) is 9.54. The second-order valence-electron chi connectivity index (χ2n) is 4.75. The Hall–Kier alpha value is -1.98. The Morgan fingerprint density at radius 3 is 2.70 bits per heavy atom. The molecule has 1 aromatic carbocycles. The van der Waals surface area contributed by atoms with Gasteiger partial charge in [0.15, 0.2) is 0 Å². The quantitative estimate of drug-likeness (QED) is 0.897. The average molecular weight is 282 g/mol. The molecule has 4 nitrogen and oxygen atoms in total. The van der Waals surface area contributed by atoms with Crippen LogP contribution in [-0.4, -0.2) is 36.3 Å². The number of likely N-dealkylation sites (tertiary alicyclic amines) is 1. The van der Waals surface area contributed by atoms with Crippen molar-refractivity contribution in [1.82, 2.24) is 10.2 Å². The summed E-state index contributed by atoms with van der Waals surface area (Å²) in [6, 6.07) is 2.23. The van der Waals surface area contributed by atoms with Crippen LogP contribution in [0.4, 0.5) is 8.78 Å². The first kappa shape index (κ1) is 14.4. The highest BCUT2D eigenvalue weighted by Gasteiger charge is 2.33. The molecular weight excluding hydrogens is 266 g/mol. The van der Waals surface area contributed by atoms with Gasteiger partial charge in [-0.15, -0.1) is 0 Å². The monoisotopic (exact) mass is 282 g/mol. The van der Waals surface area contributed by atoms with Gasteiger partial charge in [-0.2, -0.15) is 0 Å². The number of carbonyl (C=O) groups excluding carboxylic acids is 2. The molecule has 2 rings (SSSR count). The van der Waals surface area contributed by atoms with Crippen LogP contribution in [0.1, 0.15) is 29.6 Å². The highest BCUT2D eigenvalue weighted by Crippen LogP contribution is 2.21. The number of nitrogens with one attached hydrogen (secondary N) is 1. The van der Waals surface area contributed by atoms with Gasteiger partial charge in [0.2, 0.25) is 5.91 Å². The lowest BCUT2D eigenvalue weighted by atomic mass is 10.00. The number of piperidine rings is 1. The first-order valence-electron chi connectivity index (χ1n) is 6.52. The zero-order valence-corrected chi connectivity index (χ0v) is 11.2. The van der Waals surface area contributed by atoms with Crippen LogP contribution in [0.2, 0.25) is 0 Å². The molecule has 0 saturated carbocycles. The predicted molar refractivity (Wildman–Crippen MR) is 69.1 cm³/mol. The largest absolute Gasteiger partial charge is 0.357 e. The van der Waals surface area contributed by atoms with Crippen molar-refractivity contribution < 1.29 is 18.4 Å². The Labute approximate surface area is 115 Å². The highest BCUT2D eigenvalue weighted by atomic mass is 19.1. The van der Waals surface area contributed by atoms with E-state index in [9.17, 15) is 18.4 Å². The number of rotatable bonds is 2. The summed E-state index contributed by atoms with van der Waals surface area (Å²) in [4.78, 5) is 25.5. The van der Waals surface area contributed by atoms with Gasteiger partial charge in [0, 0.05) is 19.7 Å². The predicted octanol–water partition coefficient (Wildman–Crippen LogP) is 1.71. The molecule has 1 aromatic rings. The third kappa shape index (κ3) is 2.79. The maximum atomic E-state index is 13.7. The molecule has 2 amide bonds. The van der Waals surface area contributed by atoms with Crippen LogP contribution >= 0.6 is 0 Å². The fourth-order valence-corrected chi connectivity index (χ4v) is 2.43. The molecule has 1 fully saturated rings. The molecule has 0 bridgehead atoms. The number of likely N-dealkylation sites (N-methyl/N-ethyl adjacent to an activating group) is 1. The third-order valence-corrected chi connectivity index (χ3v) is 3.47. The first-order valence-corrected chi connectivity index (χ1v) is 6.52. The van der Waals surface area contributed by atoms with Gasteiger partial charge in [0.05, 0.1) is 5.56 Å². The molecule has 1 atom stereocenters. The van der Waals surface area contributed by atoms with Crippen LogP contribution in [0.5, 0.6) is 0 Å². The fourth-order valence-electron chi connectivity index (χ4n) is 2.43. The topological polar surface area (TPSA) is 49.4 Å². The molecule has 1 N–H and O–H groups in total. The van der Waals surface area contributed by atoms with Gasteiger partial charge in [-0.1, -0.05) is 0 Å². The smallest absolute Gasteiger partial charge is 0.257 e. The summed E-state index contributed by atoms with van der Waals surface area (Å²) in [5.74, 6) is -2.48. The van der Waals surface area contributed by atoms with E-state index < -0.39 is 23.6 Å². The molecule has 0 aromatic heterocycles. The summed E-state index contributed by atoms with van der Waals surface area (Å²) >= 11 is 0. The Morgan fingerprint density at radius 1 is 1.30 bits per heavy atom. The normalized spacial score (nSPS) is 18.8. The summed E-state index contributed by atoms with van der Waals surface area (Å²) in [5, 5.41) is 2.51. The van der Waals surface area contributed by atoms with Crippen LogP contribution < -0.4 is 5.32 Å². The Bertz CT molecular complexity index is 534. The maximum Gasteiger partial charge on any atom is 0.257 e. The molecule has 20 heavy (non-hydrogen) atoms. The van der Waals surface area contributed by atoms with Crippen molar-refractivity contribution in [3.05, 3.63) is 35.4 Å². The van der Waals surface area contributed by atoms with E-state index in [1.54, 1.807) is 0 Å². The molecule has 1 unspecified atom stereocenters. The molecule has 108 valence electrons. The fraction of sp³-hybridized carbons (Fsp3) is 0.429. The zero-order valence-electron chi connectivity index (χ0n) is 11.2. The number of hydrogen-bond donors (Lipinski definition) is 1. The molecule has 0 spiro atoms. The summed E-state index contributed by atoms with van der Waals surface area (Å²) in [6.07, 6.45) is 2.16. The van der Waals surface area contributed by atoms with E-state index in [0.717, 1.165) is 25.0 Å². The number of benzene rings is 1. The van der Waals surface area contributed by atoms with Crippen molar-refractivity contribution >= 4 is 11.8 Å². The van der Waals surface area contributed by atoms with Gasteiger partial charge in [0.1, 0.15) is 17.7 Å². The molecule has 6 heteroatoms. The van der Waals surface area contributed by atoms with Crippen molar-refractivity contribution in [2.75, 3.05) is 13.6 Å². The van der Waals surface area contributed by atoms with Gasteiger partial charge >= 0.3 is 0 Å². The zero-order chi connectivity index (χ0) is 14.7. The Balaban J connectivity index is 2.27. The minimum Gasteiger partial charge on any atom is -0.357 e. The standard InChI is InChI=1S/C14H16F2N2O2/c1-17-13(19)12-4-2-3-7-18(12)14(20)10-6-5-9(15)8-11(10)16/h5-6,8,12H,2-4,7H2,1H3,(H,17,19). The van der Waals surface area contributed by atoms with Crippen LogP contribution in [0.15, 0.2) is 18.2 Å². The van der Waals surface area contributed by atoms with E-state index in [1.165, 1.54) is 11.9 Å². The Kier molecular flexibility index (Phi) is 4.32. The number of hydrogen-bond acceptors (Lipinski definition) is 2. The van der Waals surface area contributed by atoms with Crippen molar-refractivity contribution in [1.29, 1.82) is 0 Å². The van der Waals surface area contributed by atoms with Crippen molar-refractivity contribution in [2.24, 2.45) is 0 Å². The van der Waals surface area contributed by atoms with Gasteiger partial charge in [0.25, 0.3) is 5.91 Å². The van der Waals surface area contributed by atoms with E-state index in [0.29, 0.717) is 19.0 Å². The lowest BCUT2D eigenvalue weighted by Gasteiger charge is -2.34. The summed E-state index contributed by atoms with van der Waals surface area (Å²) in [7, 11) is 1.50. The molecule has 1 aliphatic rings. The minimum atomic E-state index is -0.906. The van der Waals surface area contributed by atoms with Crippen molar-refractivity contribution in [3.63, 3.8) is 0 Å². The molecule has 1 saturated heterocycles. The Morgan fingerprint density at radius 2 is 2.05 bits per heavy atom. The molecule has 1 aliphatic heterocycles. The molecule has 0 radical (unpaired) electrons. The summed E-state index contributed by atoms with van der Waals surface area (Å²) in [5.41, 5.74) is -0.206. The lowest BCUT2D eigenvalue weighted by Crippen LogP contribution is -2.51. The molecular formula is C14H16F2N2O2. The van der Waals surface area contributed by atoms with Crippen molar-refractivity contribution in [3.8, 4) is 0 Å². The summed E-state index contributed by atoms with van der Waals surface area (Å²) in [6.45, 7) is 0.397. The lowest BCUT2D eigenvalue weighted by molar-refractivity contribution is -0.126. The number of nitrogens with zero attached hydrogens (tertiary/aromatic N) is 1. The van der Waals surface area contributed by atoms with Crippen LogP contribution in [0.3, 0.4) is 0 Å². The second-order valence-corrected chi connectivity index (χ2v) is 4.75. The van der Waals surface area contributed by atoms with Gasteiger partial charge in [-0.25, -0.2) is 8.78 Å². The third-order valence-electron chi connectivity index (χ3n) is 3.47. The molecule has 0 aliphatic carbocycles. The van der Waals surface area contributed by atoms with Gasteiger partial charge < -0.3 is 10.2 Å². The van der Waals surface area contributed by atoms with Gasteiger partial charge in [-0.3, -0.25) is 9.59 Å². The van der Waals surface area contributed by atoms with E-state index in [4.69, 9.17) is 0 Å². The maximum absolute atomic E-state index is 13.7. The van der Waals surface area contributed by atoms with E-state index in [2.05, 4.69) is 5.32 Å². The number of halogens is 2. The molecule has 1 heterocycles. The van der Waals surface area contributed by atoms with E-state index in [-0.39, 0.29) is 11.5 Å². The second kappa shape index (κ2) is 5.98. The van der Waals surface area contributed by atoms with Crippen molar-refractivity contribution in [2.45, 2.75) is 25.3 Å². The van der Waals surface area contributed by atoms with E-state index in [1.807, 2.05) is 0 Å². The average Bonchev–Trinajstić information content (AvgIpc) is 2.46. The minimum absolute atomic E-state index is 0.206. The van der Waals surface area contributed by atoms with Crippen LogP contribution in [0, 0.1) is 11.6 Å². The van der Waals surface area contributed by atoms with Crippen LogP contribution in [-0.2, 0) is 4.79 Å². The number of amides is 2. The SMILES string of the molecule is CNC(=O)C1CCCCN1C(=O)c1ccc(F)cc1F. The van der Waals surface area contributed by atoms with E-state index >= 15 is 0 Å². The summed E-state index contributed by atoms with van der Waals surface area (Å²) < 4.78 is 26.6. The number of carbonyl (C=O) groups is 2. The highest BCUT2D eigenvalue weighted by molar-refractivity contribution is 5.97. The van der Waals surface area contributed by atoms with Crippen LogP contribution in [0.25, 0.3) is 0 Å².